The monoisotopic (exact) mass is 344 g/mol. The number of hydrogen-bond acceptors (Lipinski definition) is 3. The molecule has 1 aliphatic rings. The van der Waals surface area contributed by atoms with Crippen molar-refractivity contribution < 1.29 is 13.2 Å². The maximum absolute atomic E-state index is 12.6. The number of primary sulfonamides is 1. The first-order chi connectivity index (χ1) is 11.2. The summed E-state index contributed by atoms with van der Waals surface area (Å²) in [6.45, 7) is 4.08. The molecule has 126 valence electrons. The van der Waals surface area contributed by atoms with Crippen LogP contribution in [-0.2, 0) is 14.8 Å². The number of para-hydroxylation sites is 1. The molecule has 2 aromatic carbocycles. The molecule has 24 heavy (non-hydrogen) atoms. The summed E-state index contributed by atoms with van der Waals surface area (Å²) in [5.74, 6) is -0.125. The first kappa shape index (κ1) is 16.7. The molecule has 2 atom stereocenters. The lowest BCUT2D eigenvalue weighted by Crippen LogP contribution is -2.16. The molecule has 3 rings (SSSR count). The summed E-state index contributed by atoms with van der Waals surface area (Å²) < 4.78 is 22.7. The van der Waals surface area contributed by atoms with E-state index in [1.54, 1.807) is 12.1 Å². The maximum Gasteiger partial charge on any atom is 0.238 e. The van der Waals surface area contributed by atoms with Crippen LogP contribution in [-0.4, -0.2) is 14.3 Å². The highest BCUT2D eigenvalue weighted by Crippen LogP contribution is 2.64. The number of sulfonamides is 1. The smallest absolute Gasteiger partial charge is 0.238 e. The number of carbonyl (C=O) groups excluding carboxylic acids is 1. The third-order valence-corrected chi connectivity index (χ3v) is 5.65. The van der Waals surface area contributed by atoms with Crippen molar-refractivity contribution in [2.75, 3.05) is 5.32 Å². The summed E-state index contributed by atoms with van der Waals surface area (Å²) in [5.41, 5.74) is 1.54. The highest BCUT2D eigenvalue weighted by Gasteiger charge is 2.62. The lowest BCUT2D eigenvalue weighted by Gasteiger charge is -2.05. The van der Waals surface area contributed by atoms with Crippen LogP contribution in [0.4, 0.5) is 5.69 Å². The number of amides is 1. The average Bonchev–Trinajstić information content (AvgIpc) is 3.10. The number of rotatable bonds is 4. The Kier molecular flexibility index (Phi) is 3.97. The van der Waals surface area contributed by atoms with E-state index in [1.807, 2.05) is 44.2 Å². The van der Waals surface area contributed by atoms with E-state index in [0.717, 1.165) is 11.3 Å². The minimum atomic E-state index is -3.70. The Balaban J connectivity index is 1.78. The first-order valence-electron chi connectivity index (χ1n) is 7.70. The highest BCUT2D eigenvalue weighted by molar-refractivity contribution is 7.89. The molecule has 0 spiro atoms. The molecule has 1 saturated carbocycles. The van der Waals surface area contributed by atoms with Crippen molar-refractivity contribution in [3.8, 4) is 0 Å². The Morgan fingerprint density at radius 3 is 2.17 bits per heavy atom. The van der Waals surface area contributed by atoms with E-state index in [1.165, 1.54) is 12.1 Å². The number of benzene rings is 2. The number of nitrogens with two attached hydrogens (primary N) is 1. The molecule has 0 aliphatic heterocycles. The van der Waals surface area contributed by atoms with E-state index in [-0.39, 0.29) is 28.1 Å². The molecule has 0 radical (unpaired) electrons. The van der Waals surface area contributed by atoms with Gasteiger partial charge in [0.2, 0.25) is 15.9 Å². The molecular formula is C18H20N2O3S. The van der Waals surface area contributed by atoms with Gasteiger partial charge in [-0.3, -0.25) is 4.79 Å². The standard InChI is InChI=1S/C18H20N2O3S/c1-18(2)15(12-8-10-14(11-9-12)24(19,22)23)16(18)17(21)20-13-6-4-3-5-7-13/h3-11,15-16H,1-2H3,(H,20,21)(H2,19,22,23). The topological polar surface area (TPSA) is 89.3 Å². The van der Waals surface area contributed by atoms with Crippen molar-refractivity contribution in [3.63, 3.8) is 0 Å². The Morgan fingerprint density at radius 1 is 1.04 bits per heavy atom. The van der Waals surface area contributed by atoms with Gasteiger partial charge in [0.1, 0.15) is 0 Å². The van der Waals surface area contributed by atoms with E-state index in [2.05, 4.69) is 5.32 Å². The minimum absolute atomic E-state index is 0.0216. The predicted octanol–water partition coefficient (Wildman–Crippen LogP) is 2.71. The zero-order valence-corrected chi connectivity index (χ0v) is 14.4. The molecule has 2 aromatic rings. The van der Waals surface area contributed by atoms with E-state index in [9.17, 15) is 13.2 Å². The summed E-state index contributed by atoms with van der Waals surface area (Å²) in [4.78, 5) is 12.7. The molecule has 0 bridgehead atoms. The summed E-state index contributed by atoms with van der Waals surface area (Å²) in [6, 6.07) is 15.8. The Morgan fingerprint density at radius 2 is 1.62 bits per heavy atom. The fourth-order valence-electron chi connectivity index (χ4n) is 3.36. The van der Waals surface area contributed by atoms with Gasteiger partial charge in [-0.1, -0.05) is 44.2 Å². The Hall–Kier alpha value is -2.18. The average molecular weight is 344 g/mol. The van der Waals surface area contributed by atoms with Gasteiger partial charge in [0.05, 0.1) is 10.8 Å². The van der Waals surface area contributed by atoms with Gasteiger partial charge >= 0.3 is 0 Å². The van der Waals surface area contributed by atoms with Gasteiger partial charge < -0.3 is 5.32 Å². The van der Waals surface area contributed by atoms with Gasteiger partial charge in [0.25, 0.3) is 0 Å². The molecule has 1 fully saturated rings. The SMILES string of the molecule is CC1(C)C(C(=O)Nc2ccccc2)C1c1ccc(S(N)(=O)=O)cc1. The van der Waals surface area contributed by atoms with Crippen molar-refractivity contribution in [3.05, 3.63) is 60.2 Å². The lowest BCUT2D eigenvalue weighted by molar-refractivity contribution is -0.118. The molecule has 2 unspecified atom stereocenters. The van der Waals surface area contributed by atoms with Crippen LogP contribution in [0.3, 0.4) is 0 Å². The van der Waals surface area contributed by atoms with Gasteiger partial charge in [-0.15, -0.1) is 0 Å². The minimum Gasteiger partial charge on any atom is -0.326 e. The predicted molar refractivity (Wildman–Crippen MR) is 92.9 cm³/mol. The number of anilines is 1. The van der Waals surface area contributed by atoms with E-state index >= 15 is 0 Å². The van der Waals surface area contributed by atoms with Crippen LogP contribution in [0.25, 0.3) is 0 Å². The fraction of sp³-hybridized carbons (Fsp3) is 0.278. The van der Waals surface area contributed by atoms with Crippen LogP contribution in [0.1, 0.15) is 25.3 Å². The molecule has 1 aliphatic carbocycles. The largest absolute Gasteiger partial charge is 0.326 e. The van der Waals surface area contributed by atoms with E-state index < -0.39 is 10.0 Å². The number of carbonyl (C=O) groups is 1. The first-order valence-corrected chi connectivity index (χ1v) is 9.24. The highest BCUT2D eigenvalue weighted by atomic mass is 32.2. The molecule has 0 saturated heterocycles. The molecule has 5 nitrogen and oxygen atoms in total. The Labute approximate surface area is 141 Å². The molecule has 0 heterocycles. The Bertz CT molecular complexity index is 859. The van der Waals surface area contributed by atoms with Gasteiger partial charge in [0, 0.05) is 11.6 Å². The third kappa shape index (κ3) is 3.07. The van der Waals surface area contributed by atoms with Crippen LogP contribution in [0, 0.1) is 11.3 Å². The normalized spacial score (nSPS) is 22.0. The quantitative estimate of drug-likeness (QED) is 0.893. The zero-order chi connectivity index (χ0) is 17.5. The number of hydrogen-bond donors (Lipinski definition) is 2. The van der Waals surface area contributed by atoms with E-state index in [4.69, 9.17) is 5.14 Å². The maximum atomic E-state index is 12.6. The molecule has 0 aromatic heterocycles. The summed E-state index contributed by atoms with van der Waals surface area (Å²) >= 11 is 0. The molecule has 6 heteroatoms. The molecular weight excluding hydrogens is 324 g/mol. The second-order valence-electron chi connectivity index (χ2n) is 6.75. The summed E-state index contributed by atoms with van der Waals surface area (Å²) in [5, 5.41) is 8.06. The van der Waals surface area contributed by atoms with Crippen LogP contribution in [0.5, 0.6) is 0 Å². The van der Waals surface area contributed by atoms with Crippen molar-refractivity contribution in [1.82, 2.24) is 0 Å². The van der Waals surface area contributed by atoms with Crippen molar-refractivity contribution in [1.29, 1.82) is 0 Å². The van der Waals surface area contributed by atoms with Crippen LogP contribution in [0.15, 0.2) is 59.5 Å². The second kappa shape index (κ2) is 5.72. The van der Waals surface area contributed by atoms with Crippen LogP contribution >= 0.6 is 0 Å². The summed E-state index contributed by atoms with van der Waals surface area (Å²) in [6.07, 6.45) is 0. The number of nitrogens with one attached hydrogen (secondary N) is 1. The fourth-order valence-corrected chi connectivity index (χ4v) is 3.87. The van der Waals surface area contributed by atoms with Crippen LogP contribution in [0.2, 0.25) is 0 Å². The van der Waals surface area contributed by atoms with E-state index in [0.29, 0.717) is 0 Å². The van der Waals surface area contributed by atoms with Crippen molar-refractivity contribution in [2.24, 2.45) is 16.5 Å². The molecule has 1 amide bonds. The zero-order valence-electron chi connectivity index (χ0n) is 13.6. The lowest BCUT2D eigenvalue weighted by atomic mass is 10.0. The van der Waals surface area contributed by atoms with Gasteiger partial charge in [-0.2, -0.15) is 0 Å². The van der Waals surface area contributed by atoms with Crippen molar-refractivity contribution in [2.45, 2.75) is 24.7 Å². The van der Waals surface area contributed by atoms with Crippen LogP contribution < -0.4 is 10.5 Å². The van der Waals surface area contributed by atoms with Gasteiger partial charge in [-0.05, 0) is 35.2 Å². The van der Waals surface area contributed by atoms with Gasteiger partial charge in [0.15, 0.2) is 0 Å². The second-order valence-corrected chi connectivity index (χ2v) is 8.31. The van der Waals surface area contributed by atoms with Gasteiger partial charge in [-0.25, -0.2) is 13.6 Å². The third-order valence-electron chi connectivity index (χ3n) is 4.72. The molecule has 3 N–H and O–H groups in total. The summed E-state index contributed by atoms with van der Waals surface area (Å²) in [7, 11) is -3.70. The van der Waals surface area contributed by atoms with Crippen molar-refractivity contribution >= 4 is 21.6 Å².